The molecular weight excluding hydrogens is 368 g/mol. The smallest absolute Gasteiger partial charge is 0.223 e. The fraction of sp³-hybridized carbons (Fsp3) is 0.240. The summed E-state index contributed by atoms with van der Waals surface area (Å²) in [4.78, 5) is 4.48. The number of benzene rings is 3. The maximum Gasteiger partial charge on any atom is 0.223 e. The summed E-state index contributed by atoms with van der Waals surface area (Å²) in [6, 6.07) is 20.1. The van der Waals surface area contributed by atoms with Crippen LogP contribution in [0.3, 0.4) is 0 Å². The lowest BCUT2D eigenvalue weighted by Gasteiger charge is -2.14. The first-order valence-corrected chi connectivity index (χ1v) is 9.83. The van der Waals surface area contributed by atoms with Crippen LogP contribution in [0.25, 0.3) is 11.1 Å². The molecule has 0 spiro atoms. The monoisotopic (exact) mass is 391 g/mol. The molecule has 0 aromatic heterocycles. The van der Waals surface area contributed by atoms with Crippen molar-refractivity contribution in [1.29, 1.82) is 0 Å². The summed E-state index contributed by atoms with van der Waals surface area (Å²) in [7, 11) is 0. The van der Waals surface area contributed by atoms with E-state index in [2.05, 4.69) is 43.1 Å². The number of rotatable bonds is 4. The molecule has 1 unspecified atom stereocenters. The van der Waals surface area contributed by atoms with Gasteiger partial charge in [-0.25, -0.2) is 13.8 Å². The molecule has 0 bridgehead atoms. The summed E-state index contributed by atoms with van der Waals surface area (Å²) < 4.78 is 33.9. The minimum atomic E-state index is -0.670. The fourth-order valence-electron chi connectivity index (χ4n) is 3.61. The average molecular weight is 391 g/mol. The first-order valence-electron chi connectivity index (χ1n) is 9.83. The standard InChI is InChI=1S/C25H23F2NO/c1-15(2)17-7-9-18(10-8-17)19-11-13-20(14-12-19)24-16(3)29-25(28-24)23-21(26)5-4-6-22(23)27/h4-16,24H,1-3H3/t16-,24?/m1/s1. The first kappa shape index (κ1) is 19.3. The van der Waals surface area contributed by atoms with Gasteiger partial charge in [0.2, 0.25) is 5.90 Å². The number of ether oxygens (including phenoxy) is 1. The van der Waals surface area contributed by atoms with Crippen LogP contribution in [0.4, 0.5) is 8.78 Å². The Morgan fingerprint density at radius 1 is 0.828 bits per heavy atom. The molecule has 3 aromatic carbocycles. The van der Waals surface area contributed by atoms with E-state index >= 15 is 0 Å². The van der Waals surface area contributed by atoms with Gasteiger partial charge in [-0.3, -0.25) is 0 Å². The molecule has 1 aliphatic rings. The van der Waals surface area contributed by atoms with Gasteiger partial charge in [-0.05, 0) is 47.2 Å². The fourth-order valence-corrected chi connectivity index (χ4v) is 3.61. The summed E-state index contributed by atoms with van der Waals surface area (Å²) in [5, 5.41) is 0. The van der Waals surface area contributed by atoms with Crippen molar-refractivity contribution in [2.75, 3.05) is 0 Å². The summed E-state index contributed by atoms with van der Waals surface area (Å²) in [6.07, 6.45) is -0.305. The molecular formula is C25H23F2NO. The van der Waals surface area contributed by atoms with Crippen LogP contribution in [-0.4, -0.2) is 12.0 Å². The highest BCUT2D eigenvalue weighted by Crippen LogP contribution is 2.33. The Morgan fingerprint density at radius 3 is 1.93 bits per heavy atom. The number of halogens is 2. The van der Waals surface area contributed by atoms with Gasteiger partial charge in [0, 0.05) is 0 Å². The minimum absolute atomic E-state index is 0.0199. The molecule has 1 aliphatic heterocycles. The van der Waals surface area contributed by atoms with Crippen molar-refractivity contribution in [2.24, 2.45) is 4.99 Å². The van der Waals surface area contributed by atoms with Crippen LogP contribution in [0, 0.1) is 11.6 Å². The van der Waals surface area contributed by atoms with Crippen molar-refractivity contribution in [2.45, 2.75) is 38.8 Å². The average Bonchev–Trinajstić information content (AvgIpc) is 3.09. The third kappa shape index (κ3) is 3.80. The van der Waals surface area contributed by atoms with Crippen molar-refractivity contribution in [1.82, 2.24) is 0 Å². The maximum atomic E-state index is 14.1. The van der Waals surface area contributed by atoms with E-state index < -0.39 is 11.6 Å². The summed E-state index contributed by atoms with van der Waals surface area (Å²) >= 11 is 0. The van der Waals surface area contributed by atoms with Crippen molar-refractivity contribution < 1.29 is 13.5 Å². The molecule has 2 atom stereocenters. The van der Waals surface area contributed by atoms with Gasteiger partial charge in [0.1, 0.15) is 29.3 Å². The van der Waals surface area contributed by atoms with Gasteiger partial charge in [-0.1, -0.05) is 68.4 Å². The van der Waals surface area contributed by atoms with E-state index in [1.807, 2.05) is 31.2 Å². The highest BCUT2D eigenvalue weighted by molar-refractivity contribution is 5.96. The van der Waals surface area contributed by atoms with Crippen LogP contribution in [0.5, 0.6) is 0 Å². The molecule has 4 rings (SSSR count). The molecule has 0 fully saturated rings. The van der Waals surface area contributed by atoms with Crippen LogP contribution in [-0.2, 0) is 4.74 Å². The van der Waals surface area contributed by atoms with Gasteiger partial charge in [0.15, 0.2) is 0 Å². The van der Waals surface area contributed by atoms with Gasteiger partial charge in [0.05, 0.1) is 0 Å². The lowest BCUT2D eigenvalue weighted by molar-refractivity contribution is 0.213. The zero-order valence-corrected chi connectivity index (χ0v) is 16.7. The lowest BCUT2D eigenvalue weighted by Crippen LogP contribution is -2.14. The predicted octanol–water partition coefficient (Wildman–Crippen LogP) is 6.66. The third-order valence-corrected chi connectivity index (χ3v) is 5.34. The predicted molar refractivity (Wildman–Crippen MR) is 112 cm³/mol. The lowest BCUT2D eigenvalue weighted by atomic mass is 9.96. The largest absolute Gasteiger partial charge is 0.472 e. The third-order valence-electron chi connectivity index (χ3n) is 5.34. The van der Waals surface area contributed by atoms with Crippen LogP contribution < -0.4 is 0 Å². The molecule has 0 amide bonds. The van der Waals surface area contributed by atoms with E-state index in [-0.39, 0.29) is 23.6 Å². The van der Waals surface area contributed by atoms with Crippen LogP contribution >= 0.6 is 0 Å². The molecule has 0 N–H and O–H groups in total. The summed E-state index contributed by atoms with van der Waals surface area (Å²) in [6.45, 7) is 6.21. The van der Waals surface area contributed by atoms with E-state index in [0.717, 1.165) is 16.7 Å². The molecule has 0 aliphatic carbocycles. The Morgan fingerprint density at radius 2 is 1.38 bits per heavy atom. The quantitative estimate of drug-likeness (QED) is 0.487. The molecule has 2 nitrogen and oxygen atoms in total. The summed E-state index contributed by atoms with van der Waals surface area (Å²) in [5.41, 5.74) is 4.31. The van der Waals surface area contributed by atoms with E-state index in [0.29, 0.717) is 5.92 Å². The van der Waals surface area contributed by atoms with E-state index in [1.54, 1.807) is 0 Å². The van der Waals surface area contributed by atoms with Gasteiger partial charge < -0.3 is 4.74 Å². The van der Waals surface area contributed by atoms with Crippen LogP contribution in [0.2, 0.25) is 0 Å². The van der Waals surface area contributed by atoms with E-state index in [1.165, 1.54) is 23.8 Å². The number of hydrogen-bond donors (Lipinski definition) is 0. The Kier molecular flexibility index (Phi) is 5.18. The first-order chi connectivity index (χ1) is 13.9. The number of hydrogen-bond acceptors (Lipinski definition) is 2. The zero-order chi connectivity index (χ0) is 20.5. The molecule has 3 aromatic rings. The molecule has 1 heterocycles. The number of aliphatic imine (C=N–C) groups is 1. The Labute approximate surface area is 169 Å². The SMILES string of the molecule is CC(C)c1ccc(-c2ccc(C3N=C(c4c(F)cccc4F)O[C@@H]3C)cc2)cc1. The molecule has 29 heavy (non-hydrogen) atoms. The Bertz CT molecular complexity index is 1020. The normalized spacial score (nSPS) is 18.6. The molecule has 4 heteroatoms. The van der Waals surface area contributed by atoms with E-state index in [9.17, 15) is 8.78 Å². The van der Waals surface area contributed by atoms with Gasteiger partial charge >= 0.3 is 0 Å². The highest BCUT2D eigenvalue weighted by Gasteiger charge is 2.32. The van der Waals surface area contributed by atoms with Crippen LogP contribution in [0.1, 0.15) is 49.4 Å². The molecule has 0 radical (unpaired) electrons. The van der Waals surface area contributed by atoms with Crippen LogP contribution in [0.15, 0.2) is 71.7 Å². The van der Waals surface area contributed by atoms with Crippen molar-refractivity contribution in [3.05, 3.63) is 95.1 Å². The van der Waals surface area contributed by atoms with Crippen molar-refractivity contribution in [3.63, 3.8) is 0 Å². The Hall–Kier alpha value is -3.01. The van der Waals surface area contributed by atoms with Gasteiger partial charge in [-0.15, -0.1) is 0 Å². The second-order valence-electron chi connectivity index (χ2n) is 7.70. The Balaban J connectivity index is 1.59. The van der Waals surface area contributed by atoms with Crippen molar-refractivity contribution >= 4 is 5.90 Å². The molecule has 148 valence electrons. The molecule has 0 saturated carbocycles. The van der Waals surface area contributed by atoms with Gasteiger partial charge in [0.25, 0.3) is 0 Å². The second kappa shape index (κ2) is 7.78. The van der Waals surface area contributed by atoms with E-state index in [4.69, 9.17) is 4.74 Å². The summed E-state index contributed by atoms with van der Waals surface area (Å²) in [5.74, 6) is -0.818. The topological polar surface area (TPSA) is 21.6 Å². The highest BCUT2D eigenvalue weighted by atomic mass is 19.1. The van der Waals surface area contributed by atoms with Gasteiger partial charge in [-0.2, -0.15) is 0 Å². The minimum Gasteiger partial charge on any atom is -0.472 e. The number of nitrogens with zero attached hydrogens (tertiary/aromatic N) is 1. The second-order valence-corrected chi connectivity index (χ2v) is 7.70. The molecule has 0 saturated heterocycles. The maximum absolute atomic E-state index is 14.1. The zero-order valence-electron chi connectivity index (χ0n) is 16.7. The van der Waals surface area contributed by atoms with Crippen molar-refractivity contribution in [3.8, 4) is 11.1 Å².